The van der Waals surface area contributed by atoms with Gasteiger partial charge in [0.05, 0.1) is 4.88 Å². The van der Waals surface area contributed by atoms with Gasteiger partial charge in [-0.1, -0.05) is 18.2 Å². The van der Waals surface area contributed by atoms with Gasteiger partial charge in [-0.05, 0) is 17.5 Å². The van der Waals surface area contributed by atoms with Crippen molar-refractivity contribution in [2.45, 2.75) is 6.42 Å². The van der Waals surface area contributed by atoms with Gasteiger partial charge in [-0.15, -0.1) is 21.5 Å². The van der Waals surface area contributed by atoms with Crippen molar-refractivity contribution in [1.82, 2.24) is 20.1 Å². The second-order valence-electron chi connectivity index (χ2n) is 4.51. The van der Waals surface area contributed by atoms with Crippen LogP contribution in [0, 0.1) is 0 Å². The molecule has 5 nitrogen and oxygen atoms in total. The molecule has 0 spiro atoms. The topological polar surface area (TPSA) is 59.8 Å². The lowest BCUT2D eigenvalue weighted by molar-refractivity contribution is 0.0958. The van der Waals surface area contributed by atoms with Crippen LogP contribution in [0.15, 0.2) is 36.7 Å². The normalized spacial score (nSPS) is 10.8. The van der Waals surface area contributed by atoms with Gasteiger partial charge in [0.1, 0.15) is 12.2 Å². The molecule has 2 heterocycles. The van der Waals surface area contributed by atoms with E-state index in [1.54, 1.807) is 6.33 Å². The number of carbonyl (C=O) groups is 1. The molecule has 6 heteroatoms. The molecule has 0 fully saturated rings. The summed E-state index contributed by atoms with van der Waals surface area (Å²) in [5, 5.41) is 11.8. The van der Waals surface area contributed by atoms with Crippen LogP contribution < -0.4 is 5.32 Å². The molecule has 20 heavy (non-hydrogen) atoms. The molecule has 0 aliphatic rings. The molecule has 3 rings (SSSR count). The maximum absolute atomic E-state index is 12.1. The molecular formula is C14H14N4OS. The van der Waals surface area contributed by atoms with Crippen LogP contribution in [0.4, 0.5) is 0 Å². The highest BCUT2D eigenvalue weighted by molar-refractivity contribution is 7.20. The zero-order chi connectivity index (χ0) is 13.9. The highest BCUT2D eigenvalue weighted by atomic mass is 32.1. The van der Waals surface area contributed by atoms with E-state index in [1.165, 1.54) is 11.3 Å². The van der Waals surface area contributed by atoms with Crippen molar-refractivity contribution in [2.24, 2.45) is 7.05 Å². The summed E-state index contributed by atoms with van der Waals surface area (Å²) < 4.78 is 2.98. The average Bonchev–Trinajstić information content (AvgIpc) is 3.05. The molecule has 0 aliphatic carbocycles. The van der Waals surface area contributed by atoms with Crippen molar-refractivity contribution in [2.75, 3.05) is 6.54 Å². The van der Waals surface area contributed by atoms with Crippen molar-refractivity contribution in [3.63, 3.8) is 0 Å². The maximum Gasteiger partial charge on any atom is 0.261 e. The number of fused-ring (bicyclic) bond motifs is 1. The summed E-state index contributed by atoms with van der Waals surface area (Å²) in [6, 6.07) is 9.93. The smallest absolute Gasteiger partial charge is 0.261 e. The summed E-state index contributed by atoms with van der Waals surface area (Å²) in [6.45, 7) is 0.555. The maximum atomic E-state index is 12.1. The van der Waals surface area contributed by atoms with E-state index >= 15 is 0 Å². The second kappa shape index (κ2) is 5.42. The van der Waals surface area contributed by atoms with Gasteiger partial charge in [0, 0.05) is 24.7 Å². The van der Waals surface area contributed by atoms with Crippen LogP contribution in [0.3, 0.4) is 0 Å². The molecule has 0 bridgehead atoms. The Balaban J connectivity index is 1.63. The van der Waals surface area contributed by atoms with Crippen molar-refractivity contribution in [3.8, 4) is 0 Å². The van der Waals surface area contributed by atoms with E-state index < -0.39 is 0 Å². The quantitative estimate of drug-likeness (QED) is 0.798. The molecule has 0 saturated carbocycles. The zero-order valence-corrected chi connectivity index (χ0v) is 11.9. The van der Waals surface area contributed by atoms with Crippen molar-refractivity contribution in [3.05, 3.63) is 47.4 Å². The standard InChI is InChI=1S/C14H14N4OS/c1-18-9-16-17-13(18)6-7-15-14(19)12-8-10-4-2-3-5-11(10)20-12/h2-5,8-9H,6-7H2,1H3,(H,15,19). The lowest BCUT2D eigenvalue weighted by Gasteiger charge is -2.02. The van der Waals surface area contributed by atoms with Crippen molar-refractivity contribution in [1.29, 1.82) is 0 Å². The number of aryl methyl sites for hydroxylation is 1. The van der Waals surface area contributed by atoms with Gasteiger partial charge in [-0.3, -0.25) is 4.79 Å². The molecule has 0 atom stereocenters. The van der Waals surface area contributed by atoms with Gasteiger partial charge < -0.3 is 9.88 Å². The molecule has 0 aliphatic heterocycles. The first-order valence-electron chi connectivity index (χ1n) is 6.34. The predicted octanol–water partition coefficient (Wildman–Crippen LogP) is 2.00. The van der Waals surface area contributed by atoms with Gasteiger partial charge in [0.25, 0.3) is 5.91 Å². The lowest BCUT2D eigenvalue weighted by atomic mass is 10.2. The molecule has 1 N–H and O–H groups in total. The summed E-state index contributed by atoms with van der Waals surface area (Å²) >= 11 is 1.51. The van der Waals surface area contributed by atoms with Crippen LogP contribution in [-0.2, 0) is 13.5 Å². The Morgan fingerprint density at radius 2 is 2.25 bits per heavy atom. The number of nitrogens with zero attached hydrogens (tertiary/aromatic N) is 3. The predicted molar refractivity (Wildman–Crippen MR) is 78.9 cm³/mol. The molecule has 2 aromatic heterocycles. The number of hydrogen-bond donors (Lipinski definition) is 1. The van der Waals surface area contributed by atoms with E-state index in [0.717, 1.165) is 20.8 Å². The molecule has 0 radical (unpaired) electrons. The van der Waals surface area contributed by atoms with E-state index in [0.29, 0.717) is 13.0 Å². The summed E-state index contributed by atoms with van der Waals surface area (Å²) in [5.74, 6) is 0.829. The zero-order valence-electron chi connectivity index (χ0n) is 11.0. The van der Waals surface area contributed by atoms with Gasteiger partial charge in [-0.25, -0.2) is 0 Å². The van der Waals surface area contributed by atoms with Crippen LogP contribution in [-0.4, -0.2) is 27.2 Å². The van der Waals surface area contributed by atoms with E-state index in [-0.39, 0.29) is 5.91 Å². The molecular weight excluding hydrogens is 272 g/mol. The fourth-order valence-corrected chi connectivity index (χ4v) is 2.98. The highest BCUT2D eigenvalue weighted by Gasteiger charge is 2.10. The summed E-state index contributed by atoms with van der Waals surface area (Å²) in [6.07, 6.45) is 2.33. The second-order valence-corrected chi connectivity index (χ2v) is 5.60. The van der Waals surface area contributed by atoms with Gasteiger partial charge in [-0.2, -0.15) is 0 Å². The van der Waals surface area contributed by atoms with Gasteiger partial charge in [0.15, 0.2) is 0 Å². The molecule has 1 amide bonds. The van der Waals surface area contributed by atoms with E-state index in [2.05, 4.69) is 15.5 Å². The number of benzene rings is 1. The number of hydrogen-bond acceptors (Lipinski definition) is 4. The Labute approximate surface area is 120 Å². The van der Waals surface area contributed by atoms with Crippen molar-refractivity contribution >= 4 is 27.3 Å². The lowest BCUT2D eigenvalue weighted by Crippen LogP contribution is -2.25. The highest BCUT2D eigenvalue weighted by Crippen LogP contribution is 2.24. The Kier molecular flexibility index (Phi) is 3.47. The fraction of sp³-hybridized carbons (Fsp3) is 0.214. The molecule has 0 saturated heterocycles. The van der Waals surface area contributed by atoms with E-state index in [1.807, 2.05) is 41.9 Å². The van der Waals surface area contributed by atoms with Crippen LogP contribution in [0.2, 0.25) is 0 Å². The number of nitrogens with one attached hydrogen (secondary N) is 1. The third-order valence-corrected chi connectivity index (χ3v) is 4.20. The monoisotopic (exact) mass is 286 g/mol. The summed E-state index contributed by atoms with van der Waals surface area (Å²) in [4.78, 5) is 12.8. The van der Waals surface area contributed by atoms with Gasteiger partial charge in [0.2, 0.25) is 0 Å². The third kappa shape index (κ3) is 2.55. The first-order chi connectivity index (χ1) is 9.74. The molecule has 0 unspecified atom stereocenters. The minimum absolute atomic E-state index is 0.0339. The summed E-state index contributed by atoms with van der Waals surface area (Å²) in [7, 11) is 1.89. The minimum atomic E-state index is -0.0339. The SMILES string of the molecule is Cn1cnnc1CCNC(=O)c1cc2ccccc2s1. The average molecular weight is 286 g/mol. The number of carbonyl (C=O) groups excluding carboxylic acids is 1. The van der Waals surface area contributed by atoms with Crippen LogP contribution >= 0.6 is 11.3 Å². The van der Waals surface area contributed by atoms with Gasteiger partial charge >= 0.3 is 0 Å². The Morgan fingerprint density at radius 1 is 1.40 bits per heavy atom. The Bertz CT molecular complexity index is 713. The largest absolute Gasteiger partial charge is 0.351 e. The first kappa shape index (κ1) is 12.8. The molecule has 102 valence electrons. The van der Waals surface area contributed by atoms with E-state index in [9.17, 15) is 4.79 Å². The minimum Gasteiger partial charge on any atom is -0.351 e. The van der Waals surface area contributed by atoms with E-state index in [4.69, 9.17) is 0 Å². The van der Waals surface area contributed by atoms with Crippen LogP contribution in [0.1, 0.15) is 15.5 Å². The molecule has 1 aromatic carbocycles. The third-order valence-electron chi connectivity index (χ3n) is 3.09. The van der Waals surface area contributed by atoms with Crippen molar-refractivity contribution < 1.29 is 4.79 Å². The van der Waals surface area contributed by atoms with Crippen LogP contribution in [0.5, 0.6) is 0 Å². The number of amides is 1. The Hall–Kier alpha value is -2.21. The number of thiophene rings is 1. The Morgan fingerprint density at radius 3 is 3.00 bits per heavy atom. The number of rotatable bonds is 4. The molecule has 3 aromatic rings. The van der Waals surface area contributed by atoms with Crippen LogP contribution in [0.25, 0.3) is 10.1 Å². The fourth-order valence-electron chi connectivity index (χ4n) is 2.00. The summed E-state index contributed by atoms with van der Waals surface area (Å²) in [5.41, 5.74) is 0. The first-order valence-corrected chi connectivity index (χ1v) is 7.15. The number of aromatic nitrogens is 3.